The standard InChI is InChI=1S/C12H15N3O2Se/c1-17-12(16)8-7-11(9-14-15-13)18-10-5-3-2-4-6-10/h2-6,11H,7-9H2,1H3. The van der Waals surface area contributed by atoms with Crippen molar-refractivity contribution in [1.82, 2.24) is 0 Å². The van der Waals surface area contributed by atoms with Crippen LogP contribution in [0.15, 0.2) is 35.4 Å². The van der Waals surface area contributed by atoms with Crippen LogP contribution in [0, 0.1) is 0 Å². The van der Waals surface area contributed by atoms with Crippen LogP contribution in [0.2, 0.25) is 4.82 Å². The number of carbonyl (C=O) groups is 1. The van der Waals surface area contributed by atoms with Crippen LogP contribution in [0.1, 0.15) is 12.8 Å². The van der Waals surface area contributed by atoms with E-state index in [2.05, 4.69) is 26.9 Å². The van der Waals surface area contributed by atoms with Gasteiger partial charge in [0.2, 0.25) is 0 Å². The van der Waals surface area contributed by atoms with Gasteiger partial charge in [-0.25, -0.2) is 0 Å². The van der Waals surface area contributed by atoms with Crippen LogP contribution in [0.25, 0.3) is 10.4 Å². The van der Waals surface area contributed by atoms with Crippen molar-refractivity contribution in [1.29, 1.82) is 0 Å². The molecule has 0 saturated carbocycles. The van der Waals surface area contributed by atoms with Crippen molar-refractivity contribution in [2.24, 2.45) is 5.11 Å². The Bertz CT molecular complexity index is 419. The minimum absolute atomic E-state index is 0.198. The monoisotopic (exact) mass is 313 g/mol. The Labute approximate surface area is 112 Å². The summed E-state index contributed by atoms with van der Waals surface area (Å²) in [7, 11) is 1.38. The summed E-state index contributed by atoms with van der Waals surface area (Å²) in [5.41, 5.74) is 8.38. The number of benzene rings is 1. The molecule has 0 heterocycles. The summed E-state index contributed by atoms with van der Waals surface area (Å²) < 4.78 is 5.86. The third kappa shape index (κ3) is 5.73. The molecule has 0 aliphatic heterocycles. The number of nitrogens with zero attached hydrogens (tertiary/aromatic N) is 3. The fourth-order valence-electron chi connectivity index (χ4n) is 1.39. The summed E-state index contributed by atoms with van der Waals surface area (Å²) >= 11 is 0.198. The molecule has 0 amide bonds. The summed E-state index contributed by atoms with van der Waals surface area (Å²) in [5.74, 6) is -0.218. The maximum atomic E-state index is 11.1. The zero-order valence-corrected chi connectivity index (χ0v) is 11.9. The van der Waals surface area contributed by atoms with Crippen molar-refractivity contribution >= 4 is 25.4 Å². The molecule has 0 bridgehead atoms. The van der Waals surface area contributed by atoms with Crippen LogP contribution >= 0.6 is 0 Å². The molecule has 0 radical (unpaired) electrons. The Kier molecular flexibility index (Phi) is 6.96. The first-order valence-electron chi connectivity index (χ1n) is 5.55. The van der Waals surface area contributed by atoms with Gasteiger partial charge in [-0.05, 0) is 0 Å². The zero-order chi connectivity index (χ0) is 13.2. The van der Waals surface area contributed by atoms with Crippen molar-refractivity contribution in [3.05, 3.63) is 40.8 Å². The van der Waals surface area contributed by atoms with Gasteiger partial charge in [0, 0.05) is 0 Å². The van der Waals surface area contributed by atoms with E-state index in [-0.39, 0.29) is 25.7 Å². The Hall–Kier alpha value is -1.48. The molecule has 1 rings (SSSR count). The molecule has 96 valence electrons. The van der Waals surface area contributed by atoms with E-state index in [1.807, 2.05) is 18.2 Å². The third-order valence-electron chi connectivity index (χ3n) is 2.29. The average molecular weight is 312 g/mol. The first-order chi connectivity index (χ1) is 8.76. The van der Waals surface area contributed by atoms with E-state index in [1.165, 1.54) is 11.6 Å². The molecule has 1 aromatic rings. The molecule has 6 heteroatoms. The molecule has 0 saturated heterocycles. The van der Waals surface area contributed by atoms with E-state index in [9.17, 15) is 4.79 Å². The molecule has 0 aliphatic rings. The summed E-state index contributed by atoms with van der Waals surface area (Å²) in [6.45, 7) is 0.433. The number of hydrogen-bond donors (Lipinski definition) is 0. The Morgan fingerprint density at radius 3 is 2.83 bits per heavy atom. The van der Waals surface area contributed by atoms with E-state index < -0.39 is 0 Å². The van der Waals surface area contributed by atoms with Gasteiger partial charge in [-0.3, -0.25) is 0 Å². The van der Waals surface area contributed by atoms with E-state index >= 15 is 0 Å². The molecule has 1 unspecified atom stereocenters. The SMILES string of the molecule is COC(=O)CCC(CN=[N+]=[N-])[Se]c1ccccc1. The molecule has 0 spiro atoms. The van der Waals surface area contributed by atoms with Gasteiger partial charge in [0.15, 0.2) is 0 Å². The Morgan fingerprint density at radius 2 is 2.22 bits per heavy atom. The minimum atomic E-state index is -0.218. The summed E-state index contributed by atoms with van der Waals surface area (Å²) in [6, 6.07) is 10.1. The van der Waals surface area contributed by atoms with Crippen molar-refractivity contribution in [3.8, 4) is 0 Å². The second kappa shape index (κ2) is 8.59. The fraction of sp³-hybridized carbons (Fsp3) is 0.417. The molecule has 1 atom stereocenters. The predicted octanol–water partition coefficient (Wildman–Crippen LogP) is 2.07. The van der Waals surface area contributed by atoms with Gasteiger partial charge in [-0.15, -0.1) is 0 Å². The molecular weight excluding hydrogens is 297 g/mol. The van der Waals surface area contributed by atoms with Crippen LogP contribution in [-0.2, 0) is 9.53 Å². The summed E-state index contributed by atoms with van der Waals surface area (Å²) in [6.07, 6.45) is 1.07. The Morgan fingerprint density at radius 1 is 1.50 bits per heavy atom. The molecule has 0 aromatic heterocycles. The van der Waals surface area contributed by atoms with Gasteiger partial charge < -0.3 is 0 Å². The normalized spacial score (nSPS) is 11.4. The van der Waals surface area contributed by atoms with E-state index in [4.69, 9.17) is 5.53 Å². The van der Waals surface area contributed by atoms with Crippen molar-refractivity contribution in [2.45, 2.75) is 17.7 Å². The number of hydrogen-bond acceptors (Lipinski definition) is 3. The molecule has 1 aromatic carbocycles. The maximum absolute atomic E-state index is 11.1. The molecule has 0 N–H and O–H groups in total. The molecular formula is C12H15N3O2Se. The van der Waals surface area contributed by atoms with Gasteiger partial charge in [0.1, 0.15) is 0 Å². The second-order valence-electron chi connectivity index (χ2n) is 3.58. The van der Waals surface area contributed by atoms with E-state index in [1.54, 1.807) is 0 Å². The first kappa shape index (κ1) is 14.6. The van der Waals surface area contributed by atoms with E-state index in [0.29, 0.717) is 19.4 Å². The van der Waals surface area contributed by atoms with Crippen LogP contribution < -0.4 is 4.46 Å². The van der Waals surface area contributed by atoms with Gasteiger partial charge in [0.05, 0.1) is 0 Å². The topological polar surface area (TPSA) is 75.1 Å². The number of carbonyl (C=O) groups excluding carboxylic acids is 1. The van der Waals surface area contributed by atoms with Gasteiger partial charge in [0.25, 0.3) is 0 Å². The van der Waals surface area contributed by atoms with Gasteiger partial charge >= 0.3 is 112 Å². The fourth-order valence-corrected chi connectivity index (χ4v) is 3.65. The van der Waals surface area contributed by atoms with Crippen molar-refractivity contribution in [2.75, 3.05) is 13.7 Å². The van der Waals surface area contributed by atoms with Crippen LogP contribution in [0.3, 0.4) is 0 Å². The number of esters is 1. The van der Waals surface area contributed by atoms with Crippen LogP contribution in [-0.4, -0.2) is 34.6 Å². The van der Waals surface area contributed by atoms with Crippen LogP contribution in [0.4, 0.5) is 0 Å². The average Bonchev–Trinajstić information content (AvgIpc) is 2.42. The summed E-state index contributed by atoms with van der Waals surface area (Å²) in [4.78, 5) is 14.1. The predicted molar refractivity (Wildman–Crippen MR) is 70.8 cm³/mol. The van der Waals surface area contributed by atoms with E-state index in [0.717, 1.165) is 0 Å². The number of ether oxygens (including phenoxy) is 1. The quantitative estimate of drug-likeness (QED) is 0.254. The summed E-state index contributed by atoms with van der Waals surface area (Å²) in [5, 5.41) is 3.62. The van der Waals surface area contributed by atoms with Gasteiger partial charge in [-0.2, -0.15) is 0 Å². The second-order valence-corrected chi connectivity index (χ2v) is 6.46. The molecule has 0 aliphatic carbocycles. The molecule has 0 fully saturated rings. The van der Waals surface area contributed by atoms with Crippen LogP contribution in [0.5, 0.6) is 0 Å². The number of methoxy groups -OCH3 is 1. The van der Waals surface area contributed by atoms with Crippen molar-refractivity contribution < 1.29 is 9.53 Å². The van der Waals surface area contributed by atoms with Gasteiger partial charge in [-0.1, -0.05) is 0 Å². The zero-order valence-electron chi connectivity index (χ0n) is 10.2. The van der Waals surface area contributed by atoms with Crippen molar-refractivity contribution in [3.63, 3.8) is 0 Å². The third-order valence-corrected chi connectivity index (χ3v) is 4.94. The number of rotatable bonds is 7. The molecule has 18 heavy (non-hydrogen) atoms. The Balaban J connectivity index is 2.55. The number of azide groups is 1. The first-order valence-corrected chi connectivity index (χ1v) is 7.40. The molecule has 5 nitrogen and oxygen atoms in total.